The smallest absolute Gasteiger partial charge is 0.266 e. The van der Waals surface area contributed by atoms with Crippen molar-refractivity contribution in [2.45, 2.75) is 19.4 Å². The Bertz CT molecular complexity index is 335. The second-order valence-corrected chi connectivity index (χ2v) is 3.22. The van der Waals surface area contributed by atoms with Gasteiger partial charge in [-0.15, -0.1) is 0 Å². The van der Waals surface area contributed by atoms with Gasteiger partial charge in [0, 0.05) is 19.0 Å². The Hall–Kier alpha value is -1.85. The van der Waals surface area contributed by atoms with Crippen molar-refractivity contribution in [3.8, 4) is 0 Å². The zero-order valence-corrected chi connectivity index (χ0v) is 8.37. The summed E-state index contributed by atoms with van der Waals surface area (Å²) < 4.78 is 5.24. The van der Waals surface area contributed by atoms with E-state index >= 15 is 0 Å². The van der Waals surface area contributed by atoms with E-state index in [0.29, 0.717) is 18.7 Å². The predicted octanol–water partition coefficient (Wildman–Crippen LogP) is -0.700. The number of allylic oxidation sites excluding steroid dienone is 1. The molecule has 0 aromatic heterocycles. The molecule has 2 amide bonds. The van der Waals surface area contributed by atoms with Gasteiger partial charge in [-0.05, 0) is 6.92 Å². The first-order valence-electron chi connectivity index (χ1n) is 4.51. The minimum absolute atomic E-state index is 0.173. The van der Waals surface area contributed by atoms with Gasteiger partial charge in [-0.3, -0.25) is 15.0 Å². The van der Waals surface area contributed by atoms with Crippen LogP contribution in [0.25, 0.3) is 0 Å². The largest absolute Gasteiger partial charge is 0.485 e. The highest BCUT2D eigenvalue weighted by molar-refractivity contribution is 6.41. The van der Waals surface area contributed by atoms with Crippen LogP contribution in [-0.4, -0.2) is 30.2 Å². The van der Waals surface area contributed by atoms with E-state index < -0.39 is 12.0 Å². The first kappa shape index (κ1) is 11.2. The second-order valence-electron chi connectivity index (χ2n) is 3.22. The van der Waals surface area contributed by atoms with Crippen LogP contribution in [0.15, 0.2) is 11.8 Å². The van der Waals surface area contributed by atoms with Gasteiger partial charge in [0.1, 0.15) is 5.71 Å². The van der Waals surface area contributed by atoms with Crippen LogP contribution in [0, 0.1) is 5.41 Å². The molecule has 82 valence electrons. The maximum atomic E-state index is 11.1. The van der Waals surface area contributed by atoms with Crippen molar-refractivity contribution in [2.75, 3.05) is 6.54 Å². The fourth-order valence-electron chi connectivity index (χ4n) is 1.22. The zero-order valence-electron chi connectivity index (χ0n) is 8.37. The highest BCUT2D eigenvalue weighted by Crippen LogP contribution is 2.10. The molecule has 1 aliphatic heterocycles. The predicted molar refractivity (Wildman–Crippen MR) is 53.2 cm³/mol. The Morgan fingerprint density at radius 3 is 2.87 bits per heavy atom. The molecule has 1 saturated heterocycles. The third kappa shape index (κ3) is 3.08. The lowest BCUT2D eigenvalue weighted by molar-refractivity contribution is -0.127. The molecule has 0 spiro atoms. The number of amides is 2. The van der Waals surface area contributed by atoms with Gasteiger partial charge in [-0.2, -0.15) is 0 Å². The standard InChI is InChI=1S/C9H13N3O3/c1-5(4-6(10)8(11)13)15-7-2-3-12-9(7)14/h4,7,10H,2-3H2,1H3,(H2,11,13)(H,12,14). The number of hydrogen-bond acceptors (Lipinski definition) is 4. The molecule has 4 N–H and O–H groups in total. The van der Waals surface area contributed by atoms with E-state index in [1.807, 2.05) is 0 Å². The Kier molecular flexibility index (Phi) is 3.43. The molecule has 1 atom stereocenters. The molecule has 0 aromatic carbocycles. The van der Waals surface area contributed by atoms with Crippen LogP contribution >= 0.6 is 0 Å². The van der Waals surface area contributed by atoms with Crippen LogP contribution < -0.4 is 11.1 Å². The molecule has 6 heteroatoms. The zero-order chi connectivity index (χ0) is 11.4. The van der Waals surface area contributed by atoms with E-state index in [1.54, 1.807) is 6.92 Å². The number of primary amides is 1. The van der Waals surface area contributed by atoms with Crippen molar-refractivity contribution in [1.82, 2.24) is 5.32 Å². The molecule has 1 rings (SSSR count). The molecule has 1 fully saturated rings. The van der Waals surface area contributed by atoms with Gasteiger partial charge in [0.05, 0.1) is 5.76 Å². The number of rotatable bonds is 4. The van der Waals surface area contributed by atoms with E-state index in [9.17, 15) is 9.59 Å². The highest BCUT2D eigenvalue weighted by Gasteiger charge is 2.25. The highest BCUT2D eigenvalue weighted by atomic mass is 16.5. The molecule has 0 aliphatic carbocycles. The summed E-state index contributed by atoms with van der Waals surface area (Å²) in [5.74, 6) is -0.664. The minimum Gasteiger partial charge on any atom is -0.485 e. The second kappa shape index (κ2) is 4.59. The maximum absolute atomic E-state index is 11.1. The third-order valence-corrected chi connectivity index (χ3v) is 1.94. The average Bonchev–Trinajstić information content (AvgIpc) is 2.51. The molecule has 0 saturated carbocycles. The average molecular weight is 211 g/mol. The number of nitrogens with two attached hydrogens (primary N) is 1. The number of nitrogens with one attached hydrogen (secondary N) is 2. The van der Waals surface area contributed by atoms with E-state index in [2.05, 4.69) is 5.32 Å². The summed E-state index contributed by atoms with van der Waals surface area (Å²) in [5, 5.41) is 9.78. The minimum atomic E-state index is -0.825. The van der Waals surface area contributed by atoms with Gasteiger partial charge in [-0.1, -0.05) is 0 Å². The van der Waals surface area contributed by atoms with Crippen LogP contribution in [0.1, 0.15) is 13.3 Å². The van der Waals surface area contributed by atoms with Gasteiger partial charge < -0.3 is 15.8 Å². The van der Waals surface area contributed by atoms with Crippen molar-refractivity contribution in [2.24, 2.45) is 5.73 Å². The first-order valence-corrected chi connectivity index (χ1v) is 4.51. The SMILES string of the molecule is CC(=CC(=N)C(N)=O)OC1CCNC1=O. The van der Waals surface area contributed by atoms with Crippen molar-refractivity contribution in [3.63, 3.8) is 0 Å². The van der Waals surface area contributed by atoms with Gasteiger partial charge in [-0.25, -0.2) is 0 Å². The lowest BCUT2D eigenvalue weighted by atomic mass is 10.3. The summed E-state index contributed by atoms with van der Waals surface area (Å²) in [6.45, 7) is 2.16. The van der Waals surface area contributed by atoms with Gasteiger partial charge >= 0.3 is 0 Å². The third-order valence-electron chi connectivity index (χ3n) is 1.94. The summed E-state index contributed by atoms with van der Waals surface area (Å²) in [6, 6.07) is 0. The molecule has 15 heavy (non-hydrogen) atoms. The quantitative estimate of drug-likeness (QED) is 0.423. The van der Waals surface area contributed by atoms with Crippen molar-refractivity contribution in [1.29, 1.82) is 5.41 Å². The van der Waals surface area contributed by atoms with E-state index in [1.165, 1.54) is 6.08 Å². The van der Waals surface area contributed by atoms with E-state index in [-0.39, 0.29) is 11.6 Å². The molecule has 0 radical (unpaired) electrons. The maximum Gasteiger partial charge on any atom is 0.266 e. The van der Waals surface area contributed by atoms with E-state index in [4.69, 9.17) is 15.9 Å². The topological polar surface area (TPSA) is 105 Å². The lowest BCUT2D eigenvalue weighted by Crippen LogP contribution is -2.25. The van der Waals surface area contributed by atoms with Crippen LogP contribution in [-0.2, 0) is 14.3 Å². The Morgan fingerprint density at radius 1 is 1.73 bits per heavy atom. The number of ether oxygens (including phenoxy) is 1. The van der Waals surface area contributed by atoms with Crippen LogP contribution in [0.5, 0.6) is 0 Å². The molecule has 1 aliphatic rings. The molecule has 0 aromatic rings. The summed E-state index contributed by atoms with van der Waals surface area (Å²) in [6.07, 6.45) is 1.27. The normalized spacial score (nSPS) is 21.0. The number of hydrogen-bond donors (Lipinski definition) is 3. The van der Waals surface area contributed by atoms with Gasteiger partial charge in [0.25, 0.3) is 11.8 Å². The molecule has 1 heterocycles. The lowest BCUT2D eigenvalue weighted by Gasteiger charge is -2.10. The molecule has 0 bridgehead atoms. The fourth-order valence-corrected chi connectivity index (χ4v) is 1.22. The van der Waals surface area contributed by atoms with Crippen LogP contribution in [0.3, 0.4) is 0 Å². The summed E-state index contributed by atoms with van der Waals surface area (Å²) in [7, 11) is 0. The summed E-state index contributed by atoms with van der Waals surface area (Å²) in [4.78, 5) is 21.7. The first-order chi connectivity index (χ1) is 7.00. The number of carbonyl (C=O) groups is 2. The van der Waals surface area contributed by atoms with E-state index in [0.717, 1.165) is 0 Å². The van der Waals surface area contributed by atoms with Crippen LogP contribution in [0.2, 0.25) is 0 Å². The van der Waals surface area contributed by atoms with Crippen molar-refractivity contribution >= 4 is 17.5 Å². The molecule has 1 unspecified atom stereocenters. The monoisotopic (exact) mass is 211 g/mol. The van der Waals surface area contributed by atoms with Gasteiger partial charge in [0.15, 0.2) is 6.10 Å². The Labute approximate surface area is 87.0 Å². The summed E-state index contributed by atoms with van der Waals surface area (Å²) in [5.41, 5.74) is 4.54. The van der Waals surface area contributed by atoms with Crippen molar-refractivity contribution < 1.29 is 14.3 Å². The Balaban J connectivity index is 2.54. The molecule has 6 nitrogen and oxygen atoms in total. The molecular formula is C9H13N3O3. The molecular weight excluding hydrogens is 198 g/mol. The Morgan fingerprint density at radius 2 is 2.40 bits per heavy atom. The fraction of sp³-hybridized carbons (Fsp3) is 0.444. The van der Waals surface area contributed by atoms with Gasteiger partial charge in [0.2, 0.25) is 0 Å². The van der Waals surface area contributed by atoms with Crippen LogP contribution in [0.4, 0.5) is 0 Å². The summed E-state index contributed by atoms with van der Waals surface area (Å²) >= 11 is 0. The number of carbonyl (C=O) groups excluding carboxylic acids is 2. The van der Waals surface area contributed by atoms with Crippen molar-refractivity contribution in [3.05, 3.63) is 11.8 Å².